The van der Waals surface area contributed by atoms with Crippen LogP contribution in [0, 0.1) is 5.92 Å². The molecule has 0 aromatic carbocycles. The predicted octanol–water partition coefficient (Wildman–Crippen LogP) is -10.2. The first-order valence-corrected chi connectivity index (χ1v) is 43.7. The molecule has 6 amide bonds. The molecule has 0 aliphatic carbocycles. The molecule has 8 rings (SSSR count). The number of hydrogen-bond acceptors (Lipinski definition) is 42. The lowest BCUT2D eigenvalue weighted by molar-refractivity contribution is -0.287. The van der Waals surface area contributed by atoms with Gasteiger partial charge in [0.2, 0.25) is 35.4 Å². The van der Waals surface area contributed by atoms with Gasteiger partial charge in [-0.1, -0.05) is 27.3 Å². The van der Waals surface area contributed by atoms with Crippen molar-refractivity contribution in [2.45, 2.75) is 255 Å². The van der Waals surface area contributed by atoms with Gasteiger partial charge in [-0.15, -0.1) is 20.4 Å². The van der Waals surface area contributed by atoms with E-state index in [-0.39, 0.29) is 194 Å². The van der Waals surface area contributed by atoms with Crippen LogP contribution in [0.3, 0.4) is 0 Å². The van der Waals surface area contributed by atoms with Crippen LogP contribution in [0.5, 0.6) is 0 Å². The maximum absolute atomic E-state index is 15.2. The van der Waals surface area contributed by atoms with Crippen molar-refractivity contribution >= 4 is 47.2 Å². The summed E-state index contributed by atoms with van der Waals surface area (Å²) in [4.78, 5) is 105. The first-order chi connectivity index (χ1) is 63.3. The second-order valence-corrected chi connectivity index (χ2v) is 31.9. The monoisotopic (exact) mass is 1890 g/mol. The second kappa shape index (κ2) is 56.5. The molecule has 19 N–H and O–H groups in total. The Morgan fingerprint density at radius 1 is 0.439 bits per heavy atom. The molecule has 132 heavy (non-hydrogen) atoms. The molecule has 4 fully saturated rings. The average Bonchev–Trinajstić information content (AvgIpc) is 1.04. The van der Waals surface area contributed by atoms with E-state index in [9.17, 15) is 99.9 Å². The average molecular weight is 1890 g/mol. The molecule has 0 bridgehead atoms. The molecule has 0 saturated carbocycles. The molecule has 4 aliphatic rings. The minimum absolute atomic E-state index is 0.00218. The van der Waals surface area contributed by atoms with Gasteiger partial charge in [-0.25, -0.2) is 23.5 Å². The Labute approximate surface area is 759 Å². The van der Waals surface area contributed by atoms with E-state index < -0.39 is 196 Å². The number of carbonyl (C=O) groups excluding carboxylic acids is 7. The maximum atomic E-state index is 15.2. The number of aliphatic carboxylic acids is 1. The zero-order valence-electron chi connectivity index (χ0n) is 74.7. The molecular weight excluding hydrogens is 1760 g/mol. The van der Waals surface area contributed by atoms with E-state index in [4.69, 9.17) is 56.8 Å². The van der Waals surface area contributed by atoms with Gasteiger partial charge in [0.1, 0.15) is 91.1 Å². The van der Waals surface area contributed by atoms with Crippen molar-refractivity contribution < 1.29 is 162 Å². The highest BCUT2D eigenvalue weighted by atomic mass is 16.7. The van der Waals surface area contributed by atoms with Gasteiger partial charge in [0, 0.05) is 121 Å². The minimum Gasteiger partial charge on any atom is -0.478 e. The molecular formula is C79H130N20O33. The van der Waals surface area contributed by atoms with Crippen LogP contribution in [0.1, 0.15) is 103 Å². The number of ether oxygens (including phenoxy) is 12. The summed E-state index contributed by atoms with van der Waals surface area (Å²) < 4.78 is 75.5. The van der Waals surface area contributed by atoms with Crippen LogP contribution in [-0.2, 0) is 148 Å². The second-order valence-electron chi connectivity index (χ2n) is 31.9. The van der Waals surface area contributed by atoms with Crippen LogP contribution in [0.4, 0.5) is 0 Å². The van der Waals surface area contributed by atoms with Crippen molar-refractivity contribution in [2.75, 3.05) is 132 Å². The van der Waals surface area contributed by atoms with Crippen LogP contribution >= 0.6 is 0 Å². The van der Waals surface area contributed by atoms with Crippen LogP contribution in [-0.4, -0.2) is 438 Å². The van der Waals surface area contributed by atoms with E-state index in [0.717, 1.165) is 0 Å². The molecule has 21 atom stereocenters. The quantitative estimate of drug-likeness (QED) is 0.0144. The summed E-state index contributed by atoms with van der Waals surface area (Å²) in [6, 6.07) is -4.50. The van der Waals surface area contributed by atoms with Crippen LogP contribution in [0.2, 0.25) is 0 Å². The highest BCUT2D eigenvalue weighted by molar-refractivity contribution is 6.02. The number of hydrogen-bond donors (Lipinski definition) is 19. The number of aromatic nitrogens is 12. The SMILES string of the molecule is CCNC(=O)/C(CCC(=O)NCCNC(=O)[C@H](CCCCN(Cc1cn(CCOCCOC2OC(CO)C(O)C(O)C2NC(C)=O)nn1)Cc1cn(CCOCCOC2OC(CO)C(O)C(O)C2NC(C)=O)nn1)N(Cc1cn(CCOCCOC2OC(CO)C(O)C(O)C2CC(C)=O)nn1)Cc1cn(CCOCCOC2OC(CO)C(O)C(O)C2NC(C)=O)nn1)=C(/C)C(=O)O. The van der Waals surface area contributed by atoms with Crippen LogP contribution in [0.15, 0.2) is 35.9 Å². The van der Waals surface area contributed by atoms with Crippen molar-refractivity contribution in [2.24, 2.45) is 5.92 Å². The topological polar surface area (TPSA) is 712 Å². The molecule has 20 unspecified atom stereocenters. The fourth-order valence-corrected chi connectivity index (χ4v) is 14.9. The molecule has 744 valence electrons. The number of likely N-dealkylation sites (N-methyl/N-ethyl adjacent to an activating group) is 1. The Balaban J connectivity index is 0.996. The summed E-state index contributed by atoms with van der Waals surface area (Å²) in [6.07, 6.45) is -14.5. The first-order valence-electron chi connectivity index (χ1n) is 43.7. The Hall–Kier alpha value is -8.78. The summed E-state index contributed by atoms with van der Waals surface area (Å²) in [5.41, 5.74) is 1.52. The molecule has 4 aliphatic heterocycles. The van der Waals surface area contributed by atoms with E-state index in [1.165, 1.54) is 44.0 Å². The molecule has 4 saturated heterocycles. The van der Waals surface area contributed by atoms with Crippen molar-refractivity contribution in [3.8, 4) is 0 Å². The summed E-state index contributed by atoms with van der Waals surface area (Å²) in [5.74, 6) is -5.78. The van der Waals surface area contributed by atoms with Crippen molar-refractivity contribution in [3.05, 3.63) is 58.7 Å². The molecule has 8 heterocycles. The normalized spacial score (nSPS) is 26.1. The van der Waals surface area contributed by atoms with Crippen molar-refractivity contribution in [3.63, 3.8) is 0 Å². The van der Waals surface area contributed by atoms with Gasteiger partial charge >= 0.3 is 5.97 Å². The van der Waals surface area contributed by atoms with E-state index >= 15 is 4.79 Å². The minimum atomic E-state index is -1.53. The van der Waals surface area contributed by atoms with Gasteiger partial charge in [0.15, 0.2) is 25.2 Å². The highest BCUT2D eigenvalue weighted by Gasteiger charge is 2.49. The Morgan fingerprint density at radius 3 is 1.15 bits per heavy atom. The predicted molar refractivity (Wildman–Crippen MR) is 445 cm³/mol. The highest BCUT2D eigenvalue weighted by Crippen LogP contribution is 2.31. The molecule has 4 aromatic rings. The maximum Gasteiger partial charge on any atom is 0.331 e. The van der Waals surface area contributed by atoms with E-state index in [1.54, 1.807) is 41.1 Å². The Kier molecular flexibility index (Phi) is 46.5. The van der Waals surface area contributed by atoms with Gasteiger partial charge in [0.25, 0.3) is 0 Å². The number of unbranched alkanes of at least 4 members (excludes halogenated alkanes) is 1. The molecule has 53 heteroatoms. The fourth-order valence-electron chi connectivity index (χ4n) is 14.9. The van der Waals surface area contributed by atoms with Gasteiger partial charge in [0.05, 0.1) is 167 Å². The number of rotatable bonds is 61. The number of Topliss-reactive ketones (excluding diaryl/α,β-unsaturated/α-hetero) is 1. The number of carboxylic acid groups (broad SMARTS) is 1. The lowest BCUT2D eigenvalue weighted by Crippen LogP contribution is -2.64. The molecule has 0 radical (unpaired) electrons. The number of carbonyl (C=O) groups is 8. The summed E-state index contributed by atoms with van der Waals surface area (Å²) >= 11 is 0. The number of amides is 6. The summed E-state index contributed by atoms with van der Waals surface area (Å²) in [5, 5.41) is 185. The number of aliphatic hydroxyl groups excluding tert-OH is 12. The third kappa shape index (κ3) is 34.5. The number of aliphatic hydroxyl groups is 12. The van der Waals surface area contributed by atoms with Crippen LogP contribution < -0.4 is 31.9 Å². The Bertz CT molecular complexity index is 3980. The number of nitrogens with one attached hydrogen (secondary N) is 6. The zero-order valence-corrected chi connectivity index (χ0v) is 74.7. The molecule has 53 nitrogen and oxygen atoms in total. The van der Waals surface area contributed by atoms with E-state index in [0.29, 0.717) is 42.2 Å². The number of nitrogens with zero attached hydrogens (tertiary/aromatic N) is 14. The third-order valence-electron chi connectivity index (χ3n) is 21.7. The van der Waals surface area contributed by atoms with Crippen molar-refractivity contribution in [1.29, 1.82) is 0 Å². The smallest absolute Gasteiger partial charge is 0.331 e. The Morgan fingerprint density at radius 2 is 0.795 bits per heavy atom. The van der Waals surface area contributed by atoms with Crippen molar-refractivity contribution in [1.82, 2.24) is 102 Å². The lowest BCUT2D eigenvalue weighted by Gasteiger charge is -2.42. The third-order valence-corrected chi connectivity index (χ3v) is 21.7. The largest absolute Gasteiger partial charge is 0.478 e. The van der Waals surface area contributed by atoms with Gasteiger partial charge < -0.3 is 160 Å². The standard InChI is InChI=1S/C79H130N20O33/c1-7-80-73(117)54(46(3)75(119)120)11-12-61(108)81-13-14-82-74(118)56(95(35-52-39-98(92-88-52)18-22-121-24-28-125-76-55(32-45(2)104)65(109)66(110)57(41-100)129-76)36-53-40-99(93-89-53)19-23-124-27-31-128-79-64(85-49(6)107)72(116)69(113)60(44-103)132-79)10-8-9-15-94(33-50-37-96(90-86-50)16-20-122-25-29-126-77-62(83-47(4)105)70(114)67(111)58(42-101)130-77)34-51-38-97(91-87-51)17-21-123-26-30-127-78-63(84-48(5)106)71(115)68(112)59(43-102)131-78/h37-40,55-60,62-72,76-79,100-103,109-116H,7-36,41-44H2,1-6H3,(H,80,117)(H,81,108)(H,82,118)(H,83,105)(H,84,106)(H,85,107)(H,119,120)/b54-46-/t55?,56-,57?,58?,59?,60?,62?,63?,64?,65?,66?,67?,68?,69?,70?,71?,72?,76?,77?,78?,79?/m0/s1. The number of carboxylic acids is 1. The molecule has 0 spiro atoms. The summed E-state index contributed by atoms with van der Waals surface area (Å²) in [6.45, 7) is 6.83. The van der Waals surface area contributed by atoms with E-state index in [1.807, 2.05) is 9.80 Å². The van der Waals surface area contributed by atoms with Gasteiger partial charge in [-0.2, -0.15) is 0 Å². The van der Waals surface area contributed by atoms with Crippen LogP contribution in [0.25, 0.3) is 0 Å². The van der Waals surface area contributed by atoms with Gasteiger partial charge in [-0.3, -0.25) is 38.6 Å². The van der Waals surface area contributed by atoms with E-state index in [2.05, 4.69) is 73.1 Å². The summed E-state index contributed by atoms with van der Waals surface area (Å²) in [7, 11) is 0. The fraction of sp³-hybridized carbons (Fsp3) is 0.772. The first kappa shape index (κ1) is 109. The number of ketones is 1. The zero-order chi connectivity index (χ0) is 95.9. The van der Waals surface area contributed by atoms with Gasteiger partial charge in [-0.05, 0) is 46.6 Å². The lowest BCUT2D eigenvalue weighted by atomic mass is 9.87. The molecule has 4 aromatic heterocycles.